The molecule has 7 nitrogen and oxygen atoms in total. The van der Waals surface area contributed by atoms with E-state index in [1.54, 1.807) is 0 Å². The number of hydrogen-bond acceptors (Lipinski definition) is 5. The molecule has 2 N–H and O–H groups in total. The molecule has 0 aliphatic rings. The van der Waals surface area contributed by atoms with Crippen LogP contribution in [0.25, 0.3) is 0 Å². The van der Waals surface area contributed by atoms with Gasteiger partial charge in [-0.05, 0) is 39.0 Å². The first-order chi connectivity index (χ1) is 10.5. The highest BCUT2D eigenvalue weighted by Gasteiger charge is 2.17. The first-order valence-electron chi connectivity index (χ1n) is 7.85. The van der Waals surface area contributed by atoms with Crippen LogP contribution in [0.1, 0.15) is 52.9 Å². The number of nitrogens with one attached hydrogen (secondary N) is 2. The maximum atomic E-state index is 11.5. The number of hydrogen-bond donors (Lipinski definition) is 2. The third-order valence-electron chi connectivity index (χ3n) is 2.85. The minimum atomic E-state index is -0.566. The van der Waals surface area contributed by atoms with Crippen molar-refractivity contribution in [1.82, 2.24) is 10.6 Å². The van der Waals surface area contributed by atoms with Crippen molar-refractivity contribution in [3.8, 4) is 0 Å². The molecule has 0 radical (unpaired) electrons. The fourth-order valence-corrected chi connectivity index (χ4v) is 1.67. The highest BCUT2D eigenvalue weighted by molar-refractivity contribution is 5.85. The van der Waals surface area contributed by atoms with E-state index in [0.29, 0.717) is 39.0 Å². The minimum Gasteiger partial charge on any atom is -0.450 e. The summed E-state index contributed by atoms with van der Waals surface area (Å²) in [6, 6.07) is -0.545. The smallest absolute Gasteiger partial charge is 0.407 e. The zero-order valence-corrected chi connectivity index (χ0v) is 13.8. The van der Waals surface area contributed by atoms with Crippen LogP contribution >= 0.6 is 0 Å². The molecule has 0 fully saturated rings. The van der Waals surface area contributed by atoms with E-state index >= 15 is 0 Å². The van der Waals surface area contributed by atoms with Crippen LogP contribution < -0.4 is 10.6 Å². The second-order valence-corrected chi connectivity index (χ2v) is 5.00. The lowest BCUT2D eigenvalue weighted by molar-refractivity contribution is -0.119. The van der Waals surface area contributed by atoms with E-state index in [2.05, 4.69) is 10.6 Å². The Morgan fingerprint density at radius 3 is 2.09 bits per heavy atom. The molecule has 0 saturated carbocycles. The van der Waals surface area contributed by atoms with Gasteiger partial charge in [0.2, 0.25) is 0 Å². The molecule has 0 heterocycles. The second kappa shape index (κ2) is 12.9. The summed E-state index contributed by atoms with van der Waals surface area (Å²) < 4.78 is 9.76. The maximum Gasteiger partial charge on any atom is 0.407 e. The number of amides is 2. The molecule has 0 aromatic rings. The molecule has 0 aliphatic heterocycles. The van der Waals surface area contributed by atoms with Crippen molar-refractivity contribution < 1.29 is 23.9 Å². The summed E-state index contributed by atoms with van der Waals surface area (Å²) in [6.07, 6.45) is 2.45. The molecular weight excluding hydrogens is 288 g/mol. The molecular formula is C15H28N2O5. The molecule has 0 spiro atoms. The monoisotopic (exact) mass is 316 g/mol. The Labute approximate surface area is 132 Å². The first kappa shape index (κ1) is 20.2. The molecule has 7 heteroatoms. The van der Waals surface area contributed by atoms with Crippen LogP contribution in [0.2, 0.25) is 0 Å². The summed E-state index contributed by atoms with van der Waals surface area (Å²) in [4.78, 5) is 34.1. The van der Waals surface area contributed by atoms with Gasteiger partial charge in [0, 0.05) is 6.54 Å². The van der Waals surface area contributed by atoms with Crippen molar-refractivity contribution in [2.45, 2.75) is 58.9 Å². The van der Waals surface area contributed by atoms with Crippen LogP contribution in [0, 0.1) is 0 Å². The number of carbonyl (C=O) groups excluding carboxylic acids is 3. The summed E-state index contributed by atoms with van der Waals surface area (Å²) in [5.41, 5.74) is 0. The maximum absolute atomic E-state index is 11.5. The van der Waals surface area contributed by atoms with Crippen LogP contribution in [0.15, 0.2) is 0 Å². The van der Waals surface area contributed by atoms with E-state index in [1.165, 1.54) is 6.92 Å². The zero-order chi connectivity index (χ0) is 16.8. The van der Waals surface area contributed by atoms with Crippen LogP contribution in [-0.4, -0.2) is 43.8 Å². The van der Waals surface area contributed by atoms with Gasteiger partial charge in [0.25, 0.3) is 0 Å². The van der Waals surface area contributed by atoms with E-state index in [4.69, 9.17) is 9.47 Å². The van der Waals surface area contributed by atoms with Gasteiger partial charge in [-0.2, -0.15) is 0 Å². The Morgan fingerprint density at radius 2 is 1.55 bits per heavy atom. The summed E-state index contributed by atoms with van der Waals surface area (Å²) in [6.45, 7) is 6.48. The van der Waals surface area contributed by atoms with Crippen molar-refractivity contribution in [2.75, 3.05) is 19.8 Å². The predicted molar refractivity (Wildman–Crippen MR) is 82.7 cm³/mol. The Bertz CT molecular complexity index is 347. The van der Waals surface area contributed by atoms with Crippen molar-refractivity contribution in [1.29, 1.82) is 0 Å². The van der Waals surface area contributed by atoms with Gasteiger partial charge in [0.05, 0.1) is 19.3 Å². The molecule has 2 amide bonds. The summed E-state index contributed by atoms with van der Waals surface area (Å²) >= 11 is 0. The fraction of sp³-hybridized carbons (Fsp3) is 0.800. The largest absolute Gasteiger partial charge is 0.450 e. The summed E-state index contributed by atoms with van der Waals surface area (Å²) in [7, 11) is 0. The highest BCUT2D eigenvalue weighted by Crippen LogP contribution is 2.03. The minimum absolute atomic E-state index is 0.108. The van der Waals surface area contributed by atoms with Crippen molar-refractivity contribution >= 4 is 18.0 Å². The van der Waals surface area contributed by atoms with Crippen LogP contribution in [0.3, 0.4) is 0 Å². The van der Waals surface area contributed by atoms with Crippen LogP contribution in [0.5, 0.6) is 0 Å². The van der Waals surface area contributed by atoms with E-state index < -0.39 is 18.2 Å². The van der Waals surface area contributed by atoms with Crippen LogP contribution in [0.4, 0.5) is 9.59 Å². The number of carbonyl (C=O) groups is 3. The molecule has 1 unspecified atom stereocenters. The van der Waals surface area contributed by atoms with Crippen molar-refractivity contribution in [3.63, 3.8) is 0 Å². The number of Topliss-reactive ketones (excluding diaryl/α,β-unsaturated/α-hetero) is 1. The van der Waals surface area contributed by atoms with Gasteiger partial charge >= 0.3 is 12.2 Å². The lowest BCUT2D eigenvalue weighted by atomic mass is 10.1. The Kier molecular flexibility index (Phi) is 11.9. The van der Waals surface area contributed by atoms with Gasteiger partial charge in [-0.15, -0.1) is 0 Å². The fourth-order valence-electron chi connectivity index (χ4n) is 1.67. The number of ketones is 1. The average molecular weight is 316 g/mol. The highest BCUT2D eigenvalue weighted by atomic mass is 16.6. The lowest BCUT2D eigenvalue weighted by Crippen LogP contribution is -2.40. The van der Waals surface area contributed by atoms with Gasteiger partial charge in [0.15, 0.2) is 5.78 Å². The van der Waals surface area contributed by atoms with Gasteiger partial charge in [-0.1, -0.05) is 13.8 Å². The van der Waals surface area contributed by atoms with E-state index in [1.807, 2.05) is 13.8 Å². The Morgan fingerprint density at radius 1 is 0.955 bits per heavy atom. The Hall–Kier alpha value is -1.79. The molecule has 22 heavy (non-hydrogen) atoms. The molecule has 0 aromatic heterocycles. The summed E-state index contributed by atoms with van der Waals surface area (Å²) in [5, 5.41) is 5.19. The number of ether oxygens (including phenoxy) is 2. The normalized spacial score (nSPS) is 11.4. The van der Waals surface area contributed by atoms with Gasteiger partial charge in [-0.25, -0.2) is 9.59 Å². The first-order valence-corrected chi connectivity index (χ1v) is 7.85. The second-order valence-electron chi connectivity index (χ2n) is 5.00. The zero-order valence-electron chi connectivity index (χ0n) is 13.8. The standard InChI is InChI=1S/C15H28N2O5/c1-4-10-21-14(19)16-9-7-6-8-13(12(3)18)17-15(20)22-11-5-2/h13H,4-11H2,1-3H3,(H,16,19)(H,17,20). The van der Waals surface area contributed by atoms with E-state index in [0.717, 1.165) is 12.8 Å². The number of alkyl carbamates (subject to hydrolysis) is 2. The third-order valence-corrected chi connectivity index (χ3v) is 2.85. The predicted octanol–water partition coefficient (Wildman–Crippen LogP) is 2.39. The SMILES string of the molecule is CCCOC(=O)NCCCCC(NC(=O)OCCC)C(C)=O. The van der Waals surface area contributed by atoms with Crippen LogP contribution in [-0.2, 0) is 14.3 Å². The van der Waals surface area contributed by atoms with E-state index in [-0.39, 0.29) is 5.78 Å². The quantitative estimate of drug-likeness (QED) is 0.571. The van der Waals surface area contributed by atoms with Gasteiger partial charge < -0.3 is 20.1 Å². The molecule has 0 bridgehead atoms. The van der Waals surface area contributed by atoms with E-state index in [9.17, 15) is 14.4 Å². The topological polar surface area (TPSA) is 93.7 Å². The molecule has 128 valence electrons. The summed E-state index contributed by atoms with van der Waals surface area (Å²) in [5.74, 6) is -0.108. The van der Waals surface area contributed by atoms with Crippen molar-refractivity contribution in [2.24, 2.45) is 0 Å². The molecule has 1 atom stereocenters. The average Bonchev–Trinajstić information content (AvgIpc) is 2.49. The van der Waals surface area contributed by atoms with Gasteiger partial charge in [0.1, 0.15) is 0 Å². The number of rotatable bonds is 11. The molecule has 0 saturated heterocycles. The molecule has 0 aromatic carbocycles. The van der Waals surface area contributed by atoms with Crippen molar-refractivity contribution in [3.05, 3.63) is 0 Å². The Balaban J connectivity index is 3.84. The lowest BCUT2D eigenvalue weighted by Gasteiger charge is -2.15. The molecule has 0 rings (SSSR count). The molecule has 0 aliphatic carbocycles. The van der Waals surface area contributed by atoms with Gasteiger partial charge in [-0.3, -0.25) is 4.79 Å². The number of unbranched alkanes of at least 4 members (excludes halogenated alkanes) is 1. The third kappa shape index (κ3) is 10.9.